The molecule has 0 fully saturated rings. The Morgan fingerprint density at radius 1 is 1.30 bits per heavy atom. The molecular weight excluding hydrogens is 364 g/mol. The summed E-state index contributed by atoms with van der Waals surface area (Å²) in [6.45, 7) is 2.75. The number of hydrogen-bond acceptors (Lipinski definition) is 5. The van der Waals surface area contributed by atoms with Crippen molar-refractivity contribution in [3.05, 3.63) is 58.1 Å². The molecule has 7 heteroatoms. The molecule has 2 aromatic carbocycles. The standard InChI is InChI=1S/C20H25ClN4O2/c1-27-18-5-3-14(11-17(18)21)19(24-9-7-22)20(26)25-16-4-2-13-6-8-23-12-15(13)10-16/h2-5,10-11,19,23-24H,6-9,12,22H2,1H3,(H,25,26). The average Bonchev–Trinajstić information content (AvgIpc) is 2.68. The van der Waals surface area contributed by atoms with Gasteiger partial charge in [0, 0.05) is 25.3 Å². The van der Waals surface area contributed by atoms with E-state index in [9.17, 15) is 4.79 Å². The van der Waals surface area contributed by atoms with Crippen LogP contribution < -0.4 is 26.4 Å². The van der Waals surface area contributed by atoms with Gasteiger partial charge in [0.15, 0.2) is 0 Å². The van der Waals surface area contributed by atoms with Crippen molar-refractivity contribution in [1.29, 1.82) is 0 Å². The Morgan fingerprint density at radius 2 is 2.15 bits per heavy atom. The number of fused-ring (bicyclic) bond motifs is 1. The molecule has 1 heterocycles. The minimum absolute atomic E-state index is 0.159. The van der Waals surface area contributed by atoms with Gasteiger partial charge in [0.05, 0.1) is 12.1 Å². The van der Waals surface area contributed by atoms with Crippen LogP contribution in [0, 0.1) is 0 Å². The quantitative estimate of drug-likeness (QED) is 0.584. The maximum absolute atomic E-state index is 12.9. The van der Waals surface area contributed by atoms with Gasteiger partial charge in [-0.05, 0) is 53.9 Å². The first-order valence-electron chi connectivity index (χ1n) is 9.02. The number of ether oxygens (including phenoxy) is 1. The first-order valence-corrected chi connectivity index (χ1v) is 9.40. The molecule has 27 heavy (non-hydrogen) atoms. The normalized spacial score (nSPS) is 14.3. The maximum Gasteiger partial charge on any atom is 0.246 e. The summed E-state index contributed by atoms with van der Waals surface area (Å²) in [5, 5.41) is 10.00. The molecule has 2 aromatic rings. The van der Waals surface area contributed by atoms with Crippen LogP contribution in [0.3, 0.4) is 0 Å². The van der Waals surface area contributed by atoms with Crippen LogP contribution in [0.1, 0.15) is 22.7 Å². The van der Waals surface area contributed by atoms with Crippen molar-refractivity contribution < 1.29 is 9.53 Å². The van der Waals surface area contributed by atoms with Crippen LogP contribution in [0.2, 0.25) is 5.02 Å². The van der Waals surface area contributed by atoms with Crippen molar-refractivity contribution >= 4 is 23.2 Å². The van der Waals surface area contributed by atoms with Gasteiger partial charge in [-0.2, -0.15) is 0 Å². The van der Waals surface area contributed by atoms with E-state index < -0.39 is 6.04 Å². The Hall–Kier alpha value is -2.12. The molecule has 1 aliphatic heterocycles. The van der Waals surface area contributed by atoms with Crippen molar-refractivity contribution in [2.45, 2.75) is 19.0 Å². The summed E-state index contributed by atoms with van der Waals surface area (Å²) in [7, 11) is 1.56. The third-order valence-corrected chi connectivity index (χ3v) is 4.92. The SMILES string of the molecule is COc1ccc(C(NCCN)C(=O)Nc2ccc3c(c2)CNCC3)cc1Cl. The molecule has 0 radical (unpaired) electrons. The van der Waals surface area contributed by atoms with E-state index >= 15 is 0 Å². The van der Waals surface area contributed by atoms with E-state index in [4.69, 9.17) is 22.1 Å². The number of nitrogens with one attached hydrogen (secondary N) is 3. The molecule has 0 bridgehead atoms. The van der Waals surface area contributed by atoms with Gasteiger partial charge in [-0.15, -0.1) is 0 Å². The Morgan fingerprint density at radius 3 is 2.89 bits per heavy atom. The first-order chi connectivity index (χ1) is 13.1. The molecule has 0 aliphatic carbocycles. The van der Waals surface area contributed by atoms with Gasteiger partial charge >= 0.3 is 0 Å². The van der Waals surface area contributed by atoms with E-state index in [0.717, 1.165) is 30.8 Å². The van der Waals surface area contributed by atoms with Gasteiger partial charge in [0.2, 0.25) is 5.91 Å². The molecule has 1 amide bonds. The molecule has 1 atom stereocenters. The third kappa shape index (κ3) is 4.78. The monoisotopic (exact) mass is 388 g/mol. The zero-order chi connectivity index (χ0) is 19.2. The van der Waals surface area contributed by atoms with Crippen LogP contribution in [0.25, 0.3) is 0 Å². The van der Waals surface area contributed by atoms with Gasteiger partial charge in [-0.1, -0.05) is 23.7 Å². The van der Waals surface area contributed by atoms with E-state index in [0.29, 0.717) is 23.9 Å². The fourth-order valence-electron chi connectivity index (χ4n) is 3.22. The third-order valence-electron chi connectivity index (χ3n) is 4.62. The molecule has 5 N–H and O–H groups in total. The highest BCUT2D eigenvalue weighted by Crippen LogP contribution is 2.28. The zero-order valence-corrected chi connectivity index (χ0v) is 16.1. The predicted molar refractivity (Wildman–Crippen MR) is 108 cm³/mol. The van der Waals surface area contributed by atoms with Gasteiger partial charge < -0.3 is 26.4 Å². The lowest BCUT2D eigenvalue weighted by atomic mass is 10.00. The Kier molecular flexibility index (Phi) is 6.68. The lowest BCUT2D eigenvalue weighted by Gasteiger charge is -2.21. The number of carbonyl (C=O) groups excluding carboxylic acids is 1. The van der Waals surface area contributed by atoms with Crippen molar-refractivity contribution in [1.82, 2.24) is 10.6 Å². The number of carbonyl (C=O) groups is 1. The van der Waals surface area contributed by atoms with Crippen LogP contribution in [0.4, 0.5) is 5.69 Å². The molecule has 0 spiro atoms. The second kappa shape index (κ2) is 9.19. The minimum Gasteiger partial charge on any atom is -0.495 e. The van der Waals surface area contributed by atoms with E-state index in [-0.39, 0.29) is 5.91 Å². The van der Waals surface area contributed by atoms with Gasteiger partial charge in [0.1, 0.15) is 11.8 Å². The molecule has 1 aliphatic rings. The number of benzene rings is 2. The summed E-state index contributed by atoms with van der Waals surface area (Å²) in [6, 6.07) is 10.8. The maximum atomic E-state index is 12.9. The van der Waals surface area contributed by atoms with Crippen LogP contribution in [0.5, 0.6) is 5.75 Å². The highest BCUT2D eigenvalue weighted by atomic mass is 35.5. The van der Waals surface area contributed by atoms with Crippen LogP contribution >= 0.6 is 11.6 Å². The number of rotatable bonds is 7. The molecule has 3 rings (SSSR count). The number of halogens is 1. The molecule has 144 valence electrons. The number of anilines is 1. The molecule has 0 saturated heterocycles. The smallest absolute Gasteiger partial charge is 0.246 e. The lowest BCUT2D eigenvalue weighted by molar-refractivity contribution is -0.118. The number of amides is 1. The fourth-order valence-corrected chi connectivity index (χ4v) is 3.49. The molecule has 0 aromatic heterocycles. The first kappa shape index (κ1) is 19.6. The van der Waals surface area contributed by atoms with E-state index in [1.807, 2.05) is 18.2 Å². The average molecular weight is 389 g/mol. The Labute approximate surface area is 164 Å². The predicted octanol–water partition coefficient (Wildman–Crippen LogP) is 2.22. The van der Waals surface area contributed by atoms with Crippen molar-refractivity contribution in [3.63, 3.8) is 0 Å². The summed E-state index contributed by atoms with van der Waals surface area (Å²) >= 11 is 6.24. The summed E-state index contributed by atoms with van der Waals surface area (Å²) in [6.07, 6.45) is 1.01. The summed E-state index contributed by atoms with van der Waals surface area (Å²) in [5.41, 5.74) is 9.69. The van der Waals surface area contributed by atoms with Crippen LogP contribution in [0.15, 0.2) is 36.4 Å². The van der Waals surface area contributed by atoms with Gasteiger partial charge in [-0.3, -0.25) is 4.79 Å². The minimum atomic E-state index is -0.564. The molecule has 6 nitrogen and oxygen atoms in total. The van der Waals surface area contributed by atoms with Crippen LogP contribution in [-0.2, 0) is 17.8 Å². The summed E-state index contributed by atoms with van der Waals surface area (Å²) in [5.74, 6) is 0.411. The second-order valence-corrected chi connectivity index (χ2v) is 6.88. The zero-order valence-electron chi connectivity index (χ0n) is 15.3. The van der Waals surface area contributed by atoms with E-state index in [1.165, 1.54) is 11.1 Å². The Balaban J connectivity index is 1.80. The number of nitrogens with two attached hydrogens (primary N) is 1. The van der Waals surface area contributed by atoms with Crippen molar-refractivity contribution in [2.24, 2.45) is 5.73 Å². The van der Waals surface area contributed by atoms with Crippen molar-refractivity contribution in [3.8, 4) is 5.75 Å². The van der Waals surface area contributed by atoms with Crippen LogP contribution in [-0.4, -0.2) is 32.7 Å². The molecule has 0 saturated carbocycles. The van der Waals surface area contributed by atoms with Gasteiger partial charge in [0.25, 0.3) is 0 Å². The largest absolute Gasteiger partial charge is 0.495 e. The molecule has 1 unspecified atom stereocenters. The van der Waals surface area contributed by atoms with Gasteiger partial charge in [-0.25, -0.2) is 0 Å². The highest BCUT2D eigenvalue weighted by molar-refractivity contribution is 6.32. The topological polar surface area (TPSA) is 88.4 Å². The number of methoxy groups -OCH3 is 1. The fraction of sp³-hybridized carbons (Fsp3) is 0.350. The summed E-state index contributed by atoms with van der Waals surface area (Å²) < 4.78 is 5.19. The lowest BCUT2D eigenvalue weighted by Crippen LogP contribution is -2.36. The summed E-state index contributed by atoms with van der Waals surface area (Å²) in [4.78, 5) is 12.9. The van der Waals surface area contributed by atoms with E-state index in [2.05, 4.69) is 22.0 Å². The van der Waals surface area contributed by atoms with Crippen molar-refractivity contribution in [2.75, 3.05) is 32.1 Å². The van der Waals surface area contributed by atoms with E-state index in [1.54, 1.807) is 19.2 Å². The highest BCUT2D eigenvalue weighted by Gasteiger charge is 2.21. The Bertz CT molecular complexity index is 813. The second-order valence-electron chi connectivity index (χ2n) is 6.47. The molecular formula is C20H25ClN4O2. The number of hydrogen-bond donors (Lipinski definition) is 4.